The average Bonchev–Trinajstić information content (AvgIpc) is 2.63. The van der Waals surface area contributed by atoms with Crippen molar-refractivity contribution in [3.8, 4) is 0 Å². The Morgan fingerprint density at radius 3 is 1.59 bits per heavy atom. The fraction of sp³-hybridized carbons (Fsp3) is 1.00. The van der Waals surface area contributed by atoms with Crippen LogP contribution in [0.4, 0.5) is 0 Å². The fourth-order valence-electron chi connectivity index (χ4n) is 3.00. The third kappa shape index (κ3) is 22.2. The van der Waals surface area contributed by atoms with E-state index >= 15 is 0 Å². The minimum Gasteiger partial charge on any atom is -0.396 e. The van der Waals surface area contributed by atoms with E-state index in [1.54, 1.807) is 0 Å². The lowest BCUT2D eigenvalue weighted by atomic mass is 10.0. The molecule has 6 nitrogen and oxygen atoms in total. The van der Waals surface area contributed by atoms with Gasteiger partial charge < -0.3 is 19.6 Å². The van der Waals surface area contributed by atoms with E-state index in [-0.39, 0.29) is 19.8 Å². The summed E-state index contributed by atoms with van der Waals surface area (Å²) in [5.74, 6) is -0.399. The Kier molecular flexibility index (Phi) is 19.4. The molecule has 3 N–H and O–H groups in total. The zero-order chi connectivity index (χ0) is 20.2. The van der Waals surface area contributed by atoms with Crippen LogP contribution in [0.15, 0.2) is 0 Å². The number of unbranched alkanes of at least 4 members (excludes halogenated alkanes) is 13. The Morgan fingerprint density at radius 2 is 1.19 bits per heavy atom. The second-order valence-electron chi connectivity index (χ2n) is 7.51. The molecule has 0 spiro atoms. The van der Waals surface area contributed by atoms with Crippen LogP contribution in [0.3, 0.4) is 0 Å². The van der Waals surface area contributed by atoms with Crippen LogP contribution >= 0.6 is 7.82 Å². The Morgan fingerprint density at radius 1 is 0.741 bits per heavy atom. The topological polar surface area (TPSA) is 96.2 Å². The van der Waals surface area contributed by atoms with E-state index in [2.05, 4.69) is 11.4 Å². The van der Waals surface area contributed by atoms with Gasteiger partial charge in [0.2, 0.25) is 0 Å². The Bertz CT molecular complexity index is 347. The molecule has 0 aliphatic heterocycles. The first-order valence-corrected chi connectivity index (χ1v) is 12.4. The average molecular weight is 411 g/mol. The molecular formula is C20H43O6P. The number of hydrogen-bond acceptors (Lipinski definition) is 4. The SMILES string of the molecule is CCCCCCCCCCCCCCCCOCC(CO)COP(=O)(O)O. The van der Waals surface area contributed by atoms with E-state index in [0.29, 0.717) is 6.61 Å². The van der Waals surface area contributed by atoms with Crippen LogP contribution in [-0.4, -0.2) is 41.3 Å². The first-order valence-electron chi connectivity index (χ1n) is 10.9. The highest BCUT2D eigenvalue weighted by molar-refractivity contribution is 7.46. The lowest BCUT2D eigenvalue weighted by Gasteiger charge is -2.15. The maximum atomic E-state index is 10.6. The van der Waals surface area contributed by atoms with Crippen molar-refractivity contribution in [3.63, 3.8) is 0 Å². The summed E-state index contributed by atoms with van der Waals surface area (Å²) >= 11 is 0. The summed E-state index contributed by atoms with van der Waals surface area (Å²) in [5.41, 5.74) is 0. The molecule has 164 valence electrons. The van der Waals surface area contributed by atoms with Crippen LogP contribution in [-0.2, 0) is 13.8 Å². The number of aliphatic hydroxyl groups excluding tert-OH is 1. The monoisotopic (exact) mass is 410 g/mol. The highest BCUT2D eigenvalue weighted by Crippen LogP contribution is 2.36. The number of rotatable bonds is 21. The third-order valence-electron chi connectivity index (χ3n) is 4.73. The summed E-state index contributed by atoms with van der Waals surface area (Å²) in [4.78, 5) is 17.3. The van der Waals surface area contributed by atoms with Gasteiger partial charge in [-0.3, -0.25) is 4.52 Å². The molecule has 0 aromatic carbocycles. The van der Waals surface area contributed by atoms with Gasteiger partial charge in [-0.15, -0.1) is 0 Å². The van der Waals surface area contributed by atoms with Crippen LogP contribution in [0.25, 0.3) is 0 Å². The van der Waals surface area contributed by atoms with Crippen LogP contribution in [0.1, 0.15) is 96.8 Å². The van der Waals surface area contributed by atoms with E-state index in [1.807, 2.05) is 0 Å². The normalized spacial score (nSPS) is 13.2. The number of phosphoric acid groups is 1. The van der Waals surface area contributed by atoms with Crippen molar-refractivity contribution in [3.05, 3.63) is 0 Å². The van der Waals surface area contributed by atoms with Gasteiger partial charge in [0, 0.05) is 12.5 Å². The van der Waals surface area contributed by atoms with Crippen molar-refractivity contribution in [2.45, 2.75) is 96.8 Å². The molecule has 0 saturated carbocycles. The summed E-state index contributed by atoms with van der Waals surface area (Å²) in [5, 5.41) is 9.14. The van der Waals surface area contributed by atoms with E-state index in [9.17, 15) is 4.57 Å². The van der Waals surface area contributed by atoms with Crippen molar-refractivity contribution in [1.82, 2.24) is 0 Å². The summed E-state index contributed by atoms with van der Waals surface area (Å²) in [6.45, 7) is 2.73. The van der Waals surface area contributed by atoms with Gasteiger partial charge >= 0.3 is 7.82 Å². The lowest BCUT2D eigenvalue weighted by molar-refractivity contribution is 0.0418. The predicted molar refractivity (Wildman–Crippen MR) is 110 cm³/mol. The predicted octanol–water partition coefficient (Wildman–Crippen LogP) is 5.20. The van der Waals surface area contributed by atoms with Crippen LogP contribution in [0, 0.1) is 5.92 Å². The van der Waals surface area contributed by atoms with Gasteiger partial charge in [0.15, 0.2) is 0 Å². The summed E-state index contributed by atoms with van der Waals surface area (Å²) in [6, 6.07) is 0. The molecule has 1 atom stereocenters. The van der Waals surface area contributed by atoms with Gasteiger partial charge in [0.05, 0.1) is 19.8 Å². The molecule has 0 saturated heterocycles. The van der Waals surface area contributed by atoms with Gasteiger partial charge in [-0.25, -0.2) is 4.57 Å². The Balaban J connectivity index is 3.25. The molecule has 0 heterocycles. The van der Waals surface area contributed by atoms with Gasteiger partial charge in [0.1, 0.15) is 0 Å². The number of ether oxygens (including phenoxy) is 1. The van der Waals surface area contributed by atoms with E-state index in [4.69, 9.17) is 19.6 Å². The smallest absolute Gasteiger partial charge is 0.396 e. The van der Waals surface area contributed by atoms with Crippen LogP contribution in [0.5, 0.6) is 0 Å². The number of hydrogen-bond donors (Lipinski definition) is 3. The molecule has 7 heteroatoms. The van der Waals surface area contributed by atoms with Crippen molar-refractivity contribution < 1.29 is 28.7 Å². The van der Waals surface area contributed by atoms with Crippen molar-refractivity contribution in [2.24, 2.45) is 5.92 Å². The van der Waals surface area contributed by atoms with Crippen LogP contribution in [0.2, 0.25) is 0 Å². The van der Waals surface area contributed by atoms with Crippen molar-refractivity contribution >= 4 is 7.82 Å². The van der Waals surface area contributed by atoms with Gasteiger partial charge in [0.25, 0.3) is 0 Å². The zero-order valence-electron chi connectivity index (χ0n) is 17.3. The molecular weight excluding hydrogens is 367 g/mol. The first-order chi connectivity index (χ1) is 13.0. The van der Waals surface area contributed by atoms with Crippen molar-refractivity contribution in [1.29, 1.82) is 0 Å². The first kappa shape index (κ1) is 27.0. The van der Waals surface area contributed by atoms with Gasteiger partial charge in [-0.1, -0.05) is 90.4 Å². The highest BCUT2D eigenvalue weighted by Gasteiger charge is 2.17. The molecule has 1 unspecified atom stereocenters. The summed E-state index contributed by atoms with van der Waals surface area (Å²) in [7, 11) is -4.48. The highest BCUT2D eigenvalue weighted by atomic mass is 31.2. The molecule has 0 radical (unpaired) electrons. The number of phosphoric ester groups is 1. The molecule has 0 rings (SSSR count). The standard InChI is InChI=1S/C20H43O6P/c1-2-3-4-5-6-7-8-9-10-11-12-13-14-15-16-25-18-20(17-21)19-26-27(22,23)24/h20-21H,2-19H2,1H3,(H2,22,23,24). The second kappa shape index (κ2) is 19.4. The molecule has 0 fully saturated rings. The molecule has 0 aromatic rings. The maximum absolute atomic E-state index is 10.6. The van der Waals surface area contributed by atoms with Crippen molar-refractivity contribution in [2.75, 3.05) is 26.4 Å². The summed E-state index contributed by atoms with van der Waals surface area (Å²) < 4.78 is 20.5. The molecule has 0 bridgehead atoms. The molecule has 0 aliphatic carbocycles. The fourth-order valence-corrected chi connectivity index (χ4v) is 3.41. The molecule has 0 aromatic heterocycles. The zero-order valence-corrected chi connectivity index (χ0v) is 18.2. The Hall–Kier alpha value is 0.0300. The maximum Gasteiger partial charge on any atom is 0.469 e. The van der Waals surface area contributed by atoms with E-state index in [1.165, 1.54) is 77.0 Å². The quantitative estimate of drug-likeness (QED) is 0.178. The molecule has 0 amide bonds. The van der Waals surface area contributed by atoms with E-state index in [0.717, 1.165) is 12.8 Å². The minimum absolute atomic E-state index is 0.195. The largest absolute Gasteiger partial charge is 0.469 e. The van der Waals surface area contributed by atoms with Gasteiger partial charge in [-0.2, -0.15) is 0 Å². The van der Waals surface area contributed by atoms with Gasteiger partial charge in [-0.05, 0) is 6.42 Å². The van der Waals surface area contributed by atoms with E-state index < -0.39 is 13.7 Å². The number of aliphatic hydroxyl groups is 1. The third-order valence-corrected chi connectivity index (χ3v) is 5.22. The minimum atomic E-state index is -4.48. The lowest BCUT2D eigenvalue weighted by Crippen LogP contribution is -2.19. The molecule has 27 heavy (non-hydrogen) atoms. The summed E-state index contributed by atoms with van der Waals surface area (Å²) in [6.07, 6.45) is 18.4. The second-order valence-corrected chi connectivity index (χ2v) is 8.75. The Labute approximate surface area is 166 Å². The van der Waals surface area contributed by atoms with Crippen LogP contribution < -0.4 is 0 Å². The molecule has 0 aliphatic rings.